The van der Waals surface area contributed by atoms with Crippen molar-refractivity contribution in [2.45, 2.75) is 18.4 Å². The molecule has 0 bridgehead atoms. The van der Waals surface area contributed by atoms with E-state index >= 15 is 0 Å². The van der Waals surface area contributed by atoms with Crippen LogP contribution in [0.5, 0.6) is 17.2 Å². The van der Waals surface area contributed by atoms with Crippen molar-refractivity contribution in [2.24, 2.45) is 5.16 Å². The fourth-order valence-electron chi connectivity index (χ4n) is 3.69. The Morgan fingerprint density at radius 2 is 1.71 bits per heavy atom. The standard InChI is InChI=1S/C21H18ClFN2O6/c1-28-16-8-18(30-3)17(29-2)7-12(16)15-9-21(31-24-15)10-19(26)25(20(21)27)11-4-5-14(23)13(22)6-11/h4-8H,9-10H2,1-3H3/t21-/m1/s1. The Labute approximate surface area is 182 Å². The number of nitrogens with zero attached hydrogens (tertiary/aromatic N) is 2. The lowest BCUT2D eigenvalue weighted by molar-refractivity contribution is -0.136. The van der Waals surface area contributed by atoms with Gasteiger partial charge in [0.05, 0.1) is 44.2 Å². The average Bonchev–Trinajstić information content (AvgIpc) is 3.29. The van der Waals surface area contributed by atoms with Crippen LogP contribution in [0.1, 0.15) is 18.4 Å². The summed E-state index contributed by atoms with van der Waals surface area (Å²) in [4.78, 5) is 32.3. The van der Waals surface area contributed by atoms with Crippen LogP contribution in [0.3, 0.4) is 0 Å². The van der Waals surface area contributed by atoms with Gasteiger partial charge in [-0.25, -0.2) is 9.29 Å². The molecule has 0 unspecified atom stereocenters. The first-order chi connectivity index (χ1) is 14.8. The van der Waals surface area contributed by atoms with Gasteiger partial charge in [-0.3, -0.25) is 9.59 Å². The van der Waals surface area contributed by atoms with Crippen molar-refractivity contribution < 1.29 is 33.0 Å². The largest absolute Gasteiger partial charge is 0.496 e. The van der Waals surface area contributed by atoms with Crippen molar-refractivity contribution >= 4 is 34.8 Å². The number of anilines is 1. The highest BCUT2D eigenvalue weighted by Gasteiger charge is 2.58. The Bertz CT molecular complexity index is 1120. The van der Waals surface area contributed by atoms with E-state index in [1.54, 1.807) is 12.1 Å². The summed E-state index contributed by atoms with van der Waals surface area (Å²) in [7, 11) is 4.48. The highest BCUT2D eigenvalue weighted by molar-refractivity contribution is 6.32. The van der Waals surface area contributed by atoms with Crippen LogP contribution in [-0.4, -0.2) is 44.5 Å². The van der Waals surface area contributed by atoms with Crippen molar-refractivity contribution in [3.63, 3.8) is 0 Å². The molecule has 1 spiro atoms. The maximum absolute atomic E-state index is 13.5. The number of hydrogen-bond acceptors (Lipinski definition) is 7. The second-order valence-corrected chi connectivity index (χ2v) is 7.42. The first-order valence-electron chi connectivity index (χ1n) is 9.21. The van der Waals surface area contributed by atoms with E-state index in [0.29, 0.717) is 28.5 Å². The zero-order valence-electron chi connectivity index (χ0n) is 16.9. The number of ether oxygens (including phenoxy) is 3. The lowest BCUT2D eigenvalue weighted by Crippen LogP contribution is -2.40. The van der Waals surface area contributed by atoms with Crippen molar-refractivity contribution in [2.75, 3.05) is 26.2 Å². The molecule has 2 aromatic carbocycles. The van der Waals surface area contributed by atoms with Crippen LogP contribution >= 0.6 is 11.6 Å². The molecule has 2 amide bonds. The predicted octanol–water partition coefficient (Wildman–Crippen LogP) is 3.33. The molecule has 2 aromatic rings. The summed E-state index contributed by atoms with van der Waals surface area (Å²) < 4.78 is 29.6. The summed E-state index contributed by atoms with van der Waals surface area (Å²) in [6, 6.07) is 6.92. The summed E-state index contributed by atoms with van der Waals surface area (Å²) in [5.41, 5.74) is -0.372. The SMILES string of the molecule is COc1cc(OC)c(C2=NO[C@@]3(CC(=O)N(c4ccc(F)c(Cl)c4)C3=O)C2)cc1OC. The molecule has 1 saturated heterocycles. The van der Waals surface area contributed by atoms with Gasteiger partial charge in [0.2, 0.25) is 11.5 Å². The number of carbonyl (C=O) groups excluding carboxylic acids is 2. The number of benzene rings is 2. The van der Waals surface area contributed by atoms with Gasteiger partial charge in [0.15, 0.2) is 11.5 Å². The minimum Gasteiger partial charge on any atom is -0.496 e. The smallest absolute Gasteiger partial charge is 0.281 e. The molecule has 0 N–H and O–H groups in total. The second-order valence-electron chi connectivity index (χ2n) is 7.02. The van der Waals surface area contributed by atoms with E-state index in [1.807, 2.05) is 0 Å². The summed E-state index contributed by atoms with van der Waals surface area (Å²) in [5.74, 6) is -0.401. The normalized spacial score (nSPS) is 20.2. The number of rotatable bonds is 5. The molecule has 162 valence electrons. The topological polar surface area (TPSA) is 86.7 Å². The third-order valence-corrected chi connectivity index (χ3v) is 5.53. The Morgan fingerprint density at radius 1 is 1.03 bits per heavy atom. The molecule has 0 aromatic heterocycles. The Balaban J connectivity index is 1.65. The summed E-state index contributed by atoms with van der Waals surface area (Å²) >= 11 is 5.81. The Hall–Kier alpha value is -3.33. The van der Waals surface area contributed by atoms with Crippen LogP contribution in [0.25, 0.3) is 0 Å². The van der Waals surface area contributed by atoms with Gasteiger partial charge in [0, 0.05) is 18.1 Å². The van der Waals surface area contributed by atoms with E-state index in [-0.39, 0.29) is 23.6 Å². The molecule has 1 fully saturated rings. The number of methoxy groups -OCH3 is 3. The van der Waals surface area contributed by atoms with E-state index in [4.69, 9.17) is 30.6 Å². The first kappa shape index (κ1) is 20.9. The molecule has 2 heterocycles. The zero-order chi connectivity index (χ0) is 22.3. The molecule has 0 aliphatic carbocycles. The fraction of sp³-hybridized carbons (Fsp3) is 0.286. The second kappa shape index (κ2) is 7.73. The van der Waals surface area contributed by atoms with Crippen LogP contribution in [0.15, 0.2) is 35.5 Å². The van der Waals surface area contributed by atoms with Crippen molar-refractivity contribution in [3.05, 3.63) is 46.7 Å². The number of imide groups is 1. The molecule has 2 aliphatic heterocycles. The fourth-order valence-corrected chi connectivity index (χ4v) is 3.86. The van der Waals surface area contributed by atoms with E-state index in [0.717, 1.165) is 11.0 Å². The summed E-state index contributed by atoms with van der Waals surface area (Å²) in [5, 5.41) is 3.88. The number of carbonyl (C=O) groups is 2. The third kappa shape index (κ3) is 3.34. The minimum absolute atomic E-state index is 0.0366. The predicted molar refractivity (Wildman–Crippen MR) is 110 cm³/mol. The van der Waals surface area contributed by atoms with Crippen molar-refractivity contribution in [1.82, 2.24) is 0 Å². The molecule has 8 nitrogen and oxygen atoms in total. The first-order valence-corrected chi connectivity index (χ1v) is 9.59. The Kier molecular flexibility index (Phi) is 5.22. The number of oxime groups is 1. The highest BCUT2D eigenvalue weighted by atomic mass is 35.5. The molecule has 4 rings (SSSR count). The van der Waals surface area contributed by atoms with Gasteiger partial charge in [-0.15, -0.1) is 0 Å². The van der Waals surface area contributed by atoms with Gasteiger partial charge >= 0.3 is 0 Å². The summed E-state index contributed by atoms with van der Waals surface area (Å²) in [6.07, 6.45) is -0.182. The Morgan fingerprint density at radius 3 is 2.35 bits per heavy atom. The van der Waals surface area contributed by atoms with Crippen LogP contribution < -0.4 is 19.1 Å². The molecule has 0 radical (unpaired) electrons. The summed E-state index contributed by atoms with van der Waals surface area (Å²) in [6.45, 7) is 0. The zero-order valence-corrected chi connectivity index (χ0v) is 17.7. The van der Waals surface area contributed by atoms with Crippen LogP contribution in [0.2, 0.25) is 5.02 Å². The quantitative estimate of drug-likeness (QED) is 0.652. The molecule has 31 heavy (non-hydrogen) atoms. The van der Waals surface area contributed by atoms with Crippen molar-refractivity contribution in [3.8, 4) is 17.2 Å². The molecule has 2 aliphatic rings. The van der Waals surface area contributed by atoms with Gasteiger partial charge in [-0.05, 0) is 24.3 Å². The molecular formula is C21H18ClFN2O6. The molecule has 1 atom stereocenters. The lowest BCUT2D eigenvalue weighted by atomic mass is 9.92. The van der Waals surface area contributed by atoms with E-state index in [9.17, 15) is 14.0 Å². The van der Waals surface area contributed by atoms with Gasteiger partial charge in [-0.1, -0.05) is 16.8 Å². The van der Waals surface area contributed by atoms with Crippen LogP contribution in [0.4, 0.5) is 10.1 Å². The maximum atomic E-state index is 13.5. The van der Waals surface area contributed by atoms with E-state index in [2.05, 4.69) is 5.16 Å². The molecule has 10 heteroatoms. The average molecular weight is 449 g/mol. The molecule has 0 saturated carbocycles. The van der Waals surface area contributed by atoms with Crippen LogP contribution in [-0.2, 0) is 14.4 Å². The van der Waals surface area contributed by atoms with E-state index in [1.165, 1.54) is 33.5 Å². The maximum Gasteiger partial charge on any atom is 0.281 e. The van der Waals surface area contributed by atoms with Crippen molar-refractivity contribution in [1.29, 1.82) is 0 Å². The van der Waals surface area contributed by atoms with Crippen LogP contribution in [0, 0.1) is 5.82 Å². The third-order valence-electron chi connectivity index (χ3n) is 5.24. The monoisotopic (exact) mass is 448 g/mol. The number of halogens is 2. The van der Waals surface area contributed by atoms with E-state index < -0.39 is 23.2 Å². The van der Waals surface area contributed by atoms with Gasteiger partial charge in [-0.2, -0.15) is 0 Å². The number of hydrogen-bond donors (Lipinski definition) is 0. The minimum atomic E-state index is -1.49. The molecular weight excluding hydrogens is 431 g/mol. The number of amides is 2. The van der Waals surface area contributed by atoms with Gasteiger partial charge in [0.25, 0.3) is 5.91 Å². The van der Waals surface area contributed by atoms with Gasteiger partial charge in [0.1, 0.15) is 11.6 Å². The highest BCUT2D eigenvalue weighted by Crippen LogP contribution is 2.42. The van der Waals surface area contributed by atoms with Gasteiger partial charge < -0.3 is 19.0 Å². The lowest BCUT2D eigenvalue weighted by Gasteiger charge is -2.20.